The van der Waals surface area contributed by atoms with E-state index in [1.807, 2.05) is 0 Å². The van der Waals surface area contributed by atoms with Crippen molar-refractivity contribution in [1.82, 2.24) is 20.4 Å². The fourth-order valence-corrected chi connectivity index (χ4v) is 5.80. The molecule has 0 aromatic heterocycles. The number of hydrogen-bond acceptors (Lipinski definition) is 5. The van der Waals surface area contributed by atoms with Crippen LogP contribution < -0.4 is 15.5 Å². The van der Waals surface area contributed by atoms with Gasteiger partial charge < -0.3 is 25.3 Å². The Bertz CT molecular complexity index is 882. The zero-order valence-corrected chi connectivity index (χ0v) is 22.5. The highest BCUT2D eigenvalue weighted by Gasteiger charge is 2.31. The Kier molecular flexibility index (Phi) is 9.23. The van der Waals surface area contributed by atoms with Crippen LogP contribution in [0.15, 0.2) is 48.5 Å². The van der Waals surface area contributed by atoms with E-state index >= 15 is 0 Å². The summed E-state index contributed by atoms with van der Waals surface area (Å²) in [5, 5.41) is 6.90. The van der Waals surface area contributed by atoms with Gasteiger partial charge in [0.15, 0.2) is 0 Å². The van der Waals surface area contributed by atoms with Gasteiger partial charge in [0.1, 0.15) is 0 Å². The number of benzene rings is 2. The van der Waals surface area contributed by atoms with E-state index in [0.29, 0.717) is 5.92 Å². The molecule has 2 aliphatic heterocycles. The van der Waals surface area contributed by atoms with Crippen molar-refractivity contribution >= 4 is 5.69 Å². The molecular formula is C30H47N5. The van der Waals surface area contributed by atoms with Crippen molar-refractivity contribution in [2.75, 3.05) is 77.9 Å². The first-order chi connectivity index (χ1) is 17.0. The summed E-state index contributed by atoms with van der Waals surface area (Å²) in [6, 6.07) is 18.9. The van der Waals surface area contributed by atoms with Crippen molar-refractivity contribution in [3.8, 4) is 0 Å². The van der Waals surface area contributed by atoms with Gasteiger partial charge in [-0.2, -0.15) is 0 Å². The van der Waals surface area contributed by atoms with E-state index in [1.54, 1.807) is 0 Å². The zero-order valence-electron chi connectivity index (χ0n) is 22.5. The SMILES string of the molecule is CCC(Cc1ccc(C(C)CN2CCNCC2)cc1)(Cc1ccc(N2CCNCC2)cc1)N(C)C. The summed E-state index contributed by atoms with van der Waals surface area (Å²) in [6.45, 7) is 14.8. The molecule has 0 radical (unpaired) electrons. The third-order valence-corrected chi connectivity index (χ3v) is 8.38. The lowest BCUT2D eigenvalue weighted by Gasteiger charge is -2.40. The normalized spacial score (nSPS) is 20.1. The zero-order chi connectivity index (χ0) is 24.7. The second-order valence-electron chi connectivity index (χ2n) is 10.9. The maximum absolute atomic E-state index is 3.46. The molecule has 192 valence electrons. The molecule has 0 spiro atoms. The third-order valence-electron chi connectivity index (χ3n) is 8.38. The van der Waals surface area contributed by atoms with Crippen molar-refractivity contribution in [2.24, 2.45) is 0 Å². The maximum Gasteiger partial charge on any atom is 0.0367 e. The van der Waals surface area contributed by atoms with Gasteiger partial charge >= 0.3 is 0 Å². The highest BCUT2D eigenvalue weighted by atomic mass is 15.2. The summed E-state index contributed by atoms with van der Waals surface area (Å²) in [6.07, 6.45) is 3.27. The largest absolute Gasteiger partial charge is 0.369 e. The fourth-order valence-electron chi connectivity index (χ4n) is 5.80. The first-order valence-electron chi connectivity index (χ1n) is 13.7. The number of piperazine rings is 2. The van der Waals surface area contributed by atoms with E-state index in [9.17, 15) is 0 Å². The van der Waals surface area contributed by atoms with Gasteiger partial charge in [0.05, 0.1) is 0 Å². The molecule has 2 unspecified atom stereocenters. The smallest absolute Gasteiger partial charge is 0.0367 e. The molecule has 0 amide bonds. The van der Waals surface area contributed by atoms with E-state index in [2.05, 4.69) is 102 Å². The van der Waals surface area contributed by atoms with Crippen molar-refractivity contribution in [3.63, 3.8) is 0 Å². The van der Waals surface area contributed by atoms with Crippen molar-refractivity contribution in [3.05, 3.63) is 65.2 Å². The van der Waals surface area contributed by atoms with E-state index < -0.39 is 0 Å². The molecule has 2 aromatic rings. The highest BCUT2D eigenvalue weighted by Crippen LogP contribution is 2.29. The minimum atomic E-state index is 0.116. The van der Waals surface area contributed by atoms with E-state index in [0.717, 1.165) is 65.1 Å². The Morgan fingerprint density at radius 3 is 1.83 bits per heavy atom. The molecule has 0 aliphatic carbocycles. The highest BCUT2D eigenvalue weighted by molar-refractivity contribution is 5.48. The average molecular weight is 478 g/mol. The number of rotatable bonds is 10. The van der Waals surface area contributed by atoms with Gasteiger partial charge in [-0.1, -0.05) is 50.2 Å². The first-order valence-corrected chi connectivity index (χ1v) is 13.7. The van der Waals surface area contributed by atoms with Crippen LogP contribution in [0.5, 0.6) is 0 Å². The first kappa shape index (κ1) is 26.2. The predicted octanol–water partition coefficient (Wildman–Crippen LogP) is 3.60. The summed E-state index contributed by atoms with van der Waals surface area (Å²) in [5.41, 5.74) is 5.80. The van der Waals surface area contributed by atoms with E-state index in [1.165, 1.54) is 35.5 Å². The summed E-state index contributed by atoms with van der Waals surface area (Å²) >= 11 is 0. The van der Waals surface area contributed by atoms with Gasteiger partial charge in [-0.15, -0.1) is 0 Å². The van der Waals surface area contributed by atoms with E-state index in [-0.39, 0.29) is 5.54 Å². The molecule has 2 fully saturated rings. The quantitative estimate of drug-likeness (QED) is 0.547. The minimum Gasteiger partial charge on any atom is -0.369 e. The molecule has 0 bridgehead atoms. The van der Waals surface area contributed by atoms with Crippen LogP contribution in [0.25, 0.3) is 0 Å². The summed E-state index contributed by atoms with van der Waals surface area (Å²) in [7, 11) is 4.50. The van der Waals surface area contributed by atoms with Gasteiger partial charge in [-0.05, 0) is 68.1 Å². The average Bonchev–Trinajstić information content (AvgIpc) is 2.90. The molecule has 5 nitrogen and oxygen atoms in total. The van der Waals surface area contributed by atoms with Crippen LogP contribution in [0.4, 0.5) is 5.69 Å². The molecule has 2 heterocycles. The third kappa shape index (κ3) is 6.85. The molecule has 2 aromatic carbocycles. The molecule has 2 aliphatic rings. The van der Waals surface area contributed by atoms with Crippen LogP contribution in [-0.2, 0) is 12.8 Å². The van der Waals surface area contributed by atoms with E-state index in [4.69, 9.17) is 0 Å². The van der Waals surface area contributed by atoms with Crippen molar-refractivity contribution in [1.29, 1.82) is 0 Å². The number of hydrogen-bond donors (Lipinski definition) is 2. The van der Waals surface area contributed by atoms with Crippen LogP contribution in [0.2, 0.25) is 0 Å². The minimum absolute atomic E-state index is 0.116. The molecule has 5 heteroatoms. The standard InChI is InChI=1S/C30H47N5/c1-5-30(33(3)4,23-27-8-12-29(13-9-27)35-20-16-32-17-21-35)22-26-6-10-28(11-7-26)25(2)24-34-18-14-31-15-19-34/h6-13,25,31-32H,5,14-24H2,1-4H3. The van der Waals surface area contributed by atoms with Gasteiger partial charge in [0.25, 0.3) is 0 Å². The molecule has 2 saturated heterocycles. The van der Waals surface area contributed by atoms with Gasteiger partial charge in [-0.3, -0.25) is 0 Å². The summed E-state index contributed by atoms with van der Waals surface area (Å²) in [5.74, 6) is 0.570. The molecular weight excluding hydrogens is 430 g/mol. The van der Waals surface area contributed by atoms with Gasteiger partial charge in [0, 0.05) is 70.1 Å². The lowest BCUT2D eigenvalue weighted by molar-refractivity contribution is 0.143. The second kappa shape index (κ2) is 12.4. The van der Waals surface area contributed by atoms with Crippen molar-refractivity contribution in [2.45, 2.75) is 44.6 Å². The van der Waals surface area contributed by atoms with Crippen LogP contribution >= 0.6 is 0 Å². The molecule has 2 N–H and O–H groups in total. The Labute approximate surface area is 213 Å². The number of nitrogens with one attached hydrogen (secondary N) is 2. The lowest BCUT2D eigenvalue weighted by atomic mass is 9.81. The summed E-state index contributed by atoms with van der Waals surface area (Å²) in [4.78, 5) is 7.54. The molecule has 4 rings (SSSR count). The number of likely N-dealkylation sites (N-methyl/N-ethyl adjacent to an activating group) is 1. The Morgan fingerprint density at radius 2 is 1.31 bits per heavy atom. The second-order valence-corrected chi connectivity index (χ2v) is 10.9. The number of anilines is 1. The Morgan fingerprint density at radius 1 is 0.800 bits per heavy atom. The van der Waals surface area contributed by atoms with Gasteiger partial charge in [0.2, 0.25) is 0 Å². The lowest BCUT2D eigenvalue weighted by Crippen LogP contribution is -2.47. The van der Waals surface area contributed by atoms with Crippen LogP contribution in [0, 0.1) is 0 Å². The summed E-state index contributed by atoms with van der Waals surface area (Å²) < 4.78 is 0. The Hall–Kier alpha value is -1.92. The van der Waals surface area contributed by atoms with Crippen molar-refractivity contribution < 1.29 is 0 Å². The molecule has 35 heavy (non-hydrogen) atoms. The van der Waals surface area contributed by atoms with Crippen LogP contribution in [0.3, 0.4) is 0 Å². The van der Waals surface area contributed by atoms with Crippen LogP contribution in [0.1, 0.15) is 42.9 Å². The Balaban J connectivity index is 1.41. The van der Waals surface area contributed by atoms with Gasteiger partial charge in [-0.25, -0.2) is 0 Å². The predicted molar refractivity (Wildman–Crippen MR) is 150 cm³/mol. The number of nitrogens with zero attached hydrogens (tertiary/aromatic N) is 3. The topological polar surface area (TPSA) is 33.8 Å². The molecule has 0 saturated carbocycles. The maximum atomic E-state index is 3.46. The molecule has 2 atom stereocenters. The fraction of sp³-hybridized carbons (Fsp3) is 0.600. The van der Waals surface area contributed by atoms with Crippen LogP contribution in [-0.4, -0.2) is 88.3 Å². The monoisotopic (exact) mass is 477 g/mol.